The van der Waals surface area contributed by atoms with Crippen LogP contribution in [0.4, 0.5) is 0 Å². The normalized spacial score (nSPS) is 10.0. The number of hydrogen-bond donors (Lipinski definition) is 0. The van der Waals surface area contributed by atoms with Crippen molar-refractivity contribution in [2.45, 2.75) is 0 Å². The Morgan fingerprint density at radius 3 is 1.71 bits per heavy atom. The molecule has 0 spiro atoms. The second kappa shape index (κ2) is 3.82. The topological polar surface area (TPSA) is 66.4 Å². The van der Waals surface area contributed by atoms with Gasteiger partial charge in [0.05, 0.1) is 6.26 Å². The predicted molar refractivity (Wildman–Crippen MR) is 15.9 cm³/mol. The number of hydrogen-bond acceptors (Lipinski definition) is 4. The van der Waals surface area contributed by atoms with Crippen molar-refractivity contribution in [3.05, 3.63) is 0 Å². The molecule has 0 saturated heterocycles. The molecule has 7 heavy (non-hydrogen) atoms. The molecule has 0 heterocycles. The molecule has 0 bridgehead atoms. The molecule has 4 nitrogen and oxygen atoms in total. The van der Waals surface area contributed by atoms with Gasteiger partial charge in [-0.15, -0.1) is 0 Å². The molecule has 0 aromatic heterocycles. The summed E-state index contributed by atoms with van der Waals surface area (Å²) in [4.78, 5) is 0. The molecule has 0 aromatic rings. The van der Waals surface area contributed by atoms with Crippen molar-refractivity contribution in [1.29, 1.82) is 0 Å². The molecule has 0 aliphatic carbocycles. The van der Waals surface area contributed by atoms with E-state index in [1.807, 2.05) is 0 Å². The molecular weight excluding hydrogens is 131 g/mol. The van der Waals surface area contributed by atoms with Crippen LogP contribution in [-0.2, 0) is 14.5 Å². The maximum Gasteiger partial charge on any atom is 1.00 e. The molecule has 0 aliphatic rings. The predicted octanol–water partition coefficient (Wildman–Crippen LogP) is -4.76. The van der Waals surface area contributed by atoms with Gasteiger partial charge in [0.2, 0.25) is 0 Å². The zero-order valence-corrected chi connectivity index (χ0v) is 6.86. The Morgan fingerprint density at radius 1 is 1.57 bits per heavy atom. The zero-order chi connectivity index (χ0) is 5.21. The minimum absolute atomic E-state index is 0. The molecular formula is CH3NaO4S. The molecule has 0 saturated carbocycles. The molecule has 0 rings (SSSR count). The summed E-state index contributed by atoms with van der Waals surface area (Å²) in [5, 5.41) is 8.86. The summed E-state index contributed by atoms with van der Waals surface area (Å²) in [5.41, 5.74) is 0. The first-order chi connectivity index (χ1) is 2.56. The Kier molecular flexibility index (Phi) is 5.89. The molecule has 0 radical (unpaired) electrons. The van der Waals surface area contributed by atoms with Gasteiger partial charge in [0, 0.05) is 0 Å². The first kappa shape index (κ1) is 10.8. The molecule has 0 atom stereocenters. The summed E-state index contributed by atoms with van der Waals surface area (Å²) in [7, 11) is -3.72. The fourth-order valence-electron chi connectivity index (χ4n) is 0. The quantitative estimate of drug-likeness (QED) is 0.205. The minimum Gasteiger partial charge on any atom is -0.707 e. The molecule has 0 aromatic carbocycles. The van der Waals surface area contributed by atoms with Gasteiger partial charge in [-0.05, 0) is 0 Å². The van der Waals surface area contributed by atoms with Gasteiger partial charge < -0.3 is 9.59 Å². The average molecular weight is 134 g/mol. The van der Waals surface area contributed by atoms with E-state index >= 15 is 0 Å². The molecule has 0 N–H and O–H groups in total. The van der Waals surface area contributed by atoms with Crippen LogP contribution in [-0.4, -0.2) is 14.7 Å². The Hall–Kier alpha value is 0.870. The second-order valence-electron chi connectivity index (χ2n) is 0.772. The van der Waals surface area contributed by atoms with Crippen LogP contribution in [0, 0.1) is 0 Å². The third-order valence-corrected chi connectivity index (χ3v) is 0.371. The monoisotopic (exact) mass is 134 g/mol. The van der Waals surface area contributed by atoms with Gasteiger partial charge in [0.1, 0.15) is 0 Å². The first-order valence-electron chi connectivity index (χ1n) is 1.07. The van der Waals surface area contributed by atoms with Gasteiger partial charge in [-0.3, -0.25) is 0 Å². The summed E-state index contributed by atoms with van der Waals surface area (Å²) >= 11 is 0. The van der Waals surface area contributed by atoms with E-state index < -0.39 is 10.1 Å². The summed E-state index contributed by atoms with van der Waals surface area (Å²) < 4.78 is 21.6. The van der Waals surface area contributed by atoms with Crippen LogP contribution in [0.1, 0.15) is 0 Å². The van der Waals surface area contributed by atoms with E-state index in [-0.39, 0.29) is 29.6 Å². The van der Waals surface area contributed by atoms with Crippen molar-refractivity contribution in [3.63, 3.8) is 0 Å². The van der Waals surface area contributed by atoms with Crippen molar-refractivity contribution in [3.8, 4) is 0 Å². The Labute approximate surface area is 63.8 Å². The van der Waals surface area contributed by atoms with E-state index in [1.165, 1.54) is 0 Å². The molecule has 6 heteroatoms. The van der Waals surface area contributed by atoms with E-state index in [4.69, 9.17) is 5.26 Å². The van der Waals surface area contributed by atoms with Crippen molar-refractivity contribution < 1.29 is 47.6 Å². The van der Waals surface area contributed by atoms with E-state index in [2.05, 4.69) is 4.33 Å². The first-order valence-corrected chi connectivity index (χ1v) is 2.89. The smallest absolute Gasteiger partial charge is 0.707 e. The summed E-state index contributed by atoms with van der Waals surface area (Å²) in [6, 6.07) is 0. The largest absolute Gasteiger partial charge is 1.00 e. The molecule has 0 aliphatic heterocycles. The summed E-state index contributed by atoms with van der Waals surface area (Å²) in [6.07, 6.45) is 0.681. The van der Waals surface area contributed by atoms with Gasteiger partial charge in [0.25, 0.3) is 10.1 Å². The fourth-order valence-corrected chi connectivity index (χ4v) is 0. The van der Waals surface area contributed by atoms with Gasteiger partial charge in [0.15, 0.2) is 0 Å². The van der Waals surface area contributed by atoms with Gasteiger partial charge in [-0.2, -0.15) is 0 Å². The van der Waals surface area contributed by atoms with Crippen molar-refractivity contribution in [2.75, 3.05) is 6.26 Å². The maximum atomic E-state index is 9.47. The summed E-state index contributed by atoms with van der Waals surface area (Å²) in [5.74, 6) is 0. The Morgan fingerprint density at radius 2 is 1.71 bits per heavy atom. The van der Waals surface area contributed by atoms with Crippen LogP contribution in [0.2, 0.25) is 0 Å². The standard InChI is InChI=1S/CH4O4S.Na/c1-6(3,4)5-2;/h2H,1H3;/q;+1/p-1. The SMILES string of the molecule is CS(=O)(=O)O[O-].[Na+]. The third kappa shape index (κ3) is 10.9. The molecule has 0 amide bonds. The van der Waals surface area contributed by atoms with Gasteiger partial charge in [-0.25, -0.2) is 8.42 Å². The minimum atomic E-state index is -3.72. The summed E-state index contributed by atoms with van der Waals surface area (Å²) in [6.45, 7) is 0. The van der Waals surface area contributed by atoms with Crippen LogP contribution in [0.15, 0.2) is 0 Å². The Balaban J connectivity index is 0. The van der Waals surface area contributed by atoms with Gasteiger partial charge in [-0.1, -0.05) is 0 Å². The van der Waals surface area contributed by atoms with Crippen LogP contribution in [0.25, 0.3) is 0 Å². The fraction of sp³-hybridized carbons (Fsp3) is 1.00. The van der Waals surface area contributed by atoms with E-state index in [0.717, 1.165) is 0 Å². The average Bonchev–Trinajstić information content (AvgIpc) is 1.35. The van der Waals surface area contributed by atoms with Crippen LogP contribution >= 0.6 is 0 Å². The van der Waals surface area contributed by atoms with Crippen LogP contribution in [0.3, 0.4) is 0 Å². The van der Waals surface area contributed by atoms with E-state index in [9.17, 15) is 8.42 Å². The van der Waals surface area contributed by atoms with Crippen molar-refractivity contribution in [2.24, 2.45) is 0 Å². The molecule has 38 valence electrons. The van der Waals surface area contributed by atoms with Crippen LogP contribution < -0.4 is 34.8 Å². The molecule has 0 fully saturated rings. The Bertz CT molecular complexity index is 114. The van der Waals surface area contributed by atoms with E-state index in [0.29, 0.717) is 6.26 Å². The molecule has 0 unspecified atom stereocenters. The van der Waals surface area contributed by atoms with Crippen molar-refractivity contribution >= 4 is 10.1 Å². The third-order valence-electron chi connectivity index (χ3n) is 0.124. The second-order valence-corrected chi connectivity index (χ2v) is 2.32. The van der Waals surface area contributed by atoms with E-state index in [1.54, 1.807) is 0 Å². The zero-order valence-electron chi connectivity index (χ0n) is 4.04. The van der Waals surface area contributed by atoms with Gasteiger partial charge >= 0.3 is 29.6 Å². The van der Waals surface area contributed by atoms with Crippen LogP contribution in [0.5, 0.6) is 0 Å². The van der Waals surface area contributed by atoms with Crippen molar-refractivity contribution in [1.82, 2.24) is 0 Å². The number of rotatable bonds is 1. The maximum absolute atomic E-state index is 9.47.